The van der Waals surface area contributed by atoms with E-state index >= 15 is 17.6 Å². The van der Waals surface area contributed by atoms with E-state index in [1.165, 1.54) is 41.3 Å². The Labute approximate surface area is 243 Å². The molecule has 0 bridgehead atoms. The summed E-state index contributed by atoms with van der Waals surface area (Å²) in [5.74, 6) is -7.35. The molecule has 2 atom stereocenters. The topological polar surface area (TPSA) is 65.0 Å². The molecule has 0 saturated heterocycles. The van der Waals surface area contributed by atoms with Gasteiger partial charge < -0.3 is 24.9 Å². The van der Waals surface area contributed by atoms with Crippen molar-refractivity contribution in [1.82, 2.24) is 0 Å². The van der Waals surface area contributed by atoms with Crippen LogP contribution in [0.3, 0.4) is 0 Å². The molecule has 0 saturated carbocycles. The molecule has 0 aromatic heterocycles. The summed E-state index contributed by atoms with van der Waals surface area (Å²) in [5.41, 5.74) is -5.62. The maximum Gasteiger partial charge on any atom is 0.284 e. The molecule has 40 heavy (non-hydrogen) atoms. The minimum Gasteiger partial charge on any atom is -0.413 e. The van der Waals surface area contributed by atoms with Gasteiger partial charge in [0.1, 0.15) is 0 Å². The maximum absolute atomic E-state index is 15.9. The van der Waals surface area contributed by atoms with Crippen LogP contribution in [0.4, 0.5) is 28.9 Å². The van der Waals surface area contributed by atoms with Crippen molar-refractivity contribution in [2.24, 2.45) is 0 Å². The third kappa shape index (κ3) is 5.36. The molecule has 2 heterocycles. The van der Waals surface area contributed by atoms with E-state index < -0.39 is 63.9 Å². The zero-order valence-corrected chi connectivity index (χ0v) is 25.7. The van der Waals surface area contributed by atoms with E-state index in [-0.39, 0.29) is 44.1 Å². The Morgan fingerprint density at radius 3 is 2.12 bits per heavy atom. The number of rotatable bonds is 5. The van der Waals surface area contributed by atoms with Crippen molar-refractivity contribution in [2.75, 3.05) is 36.5 Å². The summed E-state index contributed by atoms with van der Waals surface area (Å²) in [5, 5.41) is 26.3. The molecule has 2 unspecified atom stereocenters. The van der Waals surface area contributed by atoms with E-state index in [1.807, 2.05) is 33.9 Å². The third-order valence-corrected chi connectivity index (χ3v) is 13.6. The van der Waals surface area contributed by atoms with Crippen molar-refractivity contribution in [2.45, 2.75) is 74.8 Å². The van der Waals surface area contributed by atoms with Crippen LogP contribution < -0.4 is 10.2 Å². The van der Waals surface area contributed by atoms with Crippen LogP contribution in [-0.4, -0.2) is 56.6 Å². The Hall–Kier alpha value is -1.56. The molecule has 4 rings (SSSR count). The van der Waals surface area contributed by atoms with Crippen molar-refractivity contribution in [3.63, 3.8) is 0 Å². The number of fused-ring (bicyclic) bond motifs is 2. The summed E-state index contributed by atoms with van der Waals surface area (Å²) in [7, 11) is -2.58. The van der Waals surface area contributed by atoms with Gasteiger partial charge in [0.2, 0.25) is 0 Å². The van der Waals surface area contributed by atoms with Gasteiger partial charge >= 0.3 is 0 Å². The Morgan fingerprint density at radius 1 is 0.925 bits per heavy atom. The van der Waals surface area contributed by atoms with Gasteiger partial charge in [-0.1, -0.05) is 44.0 Å². The smallest absolute Gasteiger partial charge is 0.284 e. The van der Waals surface area contributed by atoms with Crippen molar-refractivity contribution < 1.29 is 32.2 Å². The molecule has 0 fully saturated rings. The van der Waals surface area contributed by atoms with Crippen LogP contribution >= 0.6 is 23.2 Å². The van der Waals surface area contributed by atoms with Gasteiger partial charge in [-0.25, -0.2) is 17.6 Å². The summed E-state index contributed by atoms with van der Waals surface area (Å²) < 4.78 is 69.3. The number of anilines is 2. The van der Waals surface area contributed by atoms with Gasteiger partial charge in [0.25, 0.3) is 11.8 Å². The quantitative estimate of drug-likeness (QED) is 0.240. The third-order valence-electron chi connectivity index (χ3n) is 8.70. The van der Waals surface area contributed by atoms with Crippen molar-refractivity contribution in [3.8, 4) is 0 Å². The van der Waals surface area contributed by atoms with Crippen LogP contribution in [0.15, 0.2) is 36.4 Å². The molecule has 0 amide bonds. The number of alkyl halides is 4. The number of aliphatic hydroxyl groups is 2. The van der Waals surface area contributed by atoms with Gasteiger partial charge in [-0.05, 0) is 54.5 Å². The maximum atomic E-state index is 15.9. The molecule has 222 valence electrons. The average Bonchev–Trinajstić information content (AvgIpc) is 2.98. The van der Waals surface area contributed by atoms with Crippen molar-refractivity contribution in [3.05, 3.63) is 57.6 Å². The SMILES string of the molecule is CC(C)(C)[Si](C)(C)OCC1(O)c2cc(Cl)ccc2N(CC2(O)c3cc(Cl)ccc3NCCC2(F)F)CCC1(F)F. The van der Waals surface area contributed by atoms with Gasteiger partial charge in [-0.15, -0.1) is 0 Å². The van der Waals surface area contributed by atoms with E-state index in [4.69, 9.17) is 27.6 Å². The monoisotopic (exact) mass is 622 g/mol. The normalized spacial score (nSPS) is 26.3. The molecule has 3 N–H and O–H groups in total. The highest BCUT2D eigenvalue weighted by molar-refractivity contribution is 6.74. The lowest BCUT2D eigenvalue weighted by atomic mass is 9.84. The van der Waals surface area contributed by atoms with Gasteiger partial charge in [0.05, 0.1) is 13.2 Å². The fourth-order valence-electron chi connectivity index (χ4n) is 5.01. The predicted molar refractivity (Wildman–Crippen MR) is 154 cm³/mol. The van der Waals surface area contributed by atoms with Gasteiger partial charge in [-0.2, -0.15) is 0 Å². The fourth-order valence-corrected chi connectivity index (χ4v) is 6.36. The molecule has 12 heteroatoms. The molecular weight excluding hydrogens is 587 g/mol. The minimum absolute atomic E-state index is 0.0629. The number of halogens is 6. The molecule has 5 nitrogen and oxygen atoms in total. The second-order valence-corrected chi connectivity index (χ2v) is 18.1. The fraction of sp³-hybridized carbons (Fsp3) is 0.571. The van der Waals surface area contributed by atoms with Gasteiger partial charge in [0, 0.05) is 58.5 Å². The van der Waals surface area contributed by atoms with Crippen LogP contribution in [0.25, 0.3) is 0 Å². The lowest BCUT2D eigenvalue weighted by molar-refractivity contribution is -0.203. The first-order chi connectivity index (χ1) is 18.2. The van der Waals surface area contributed by atoms with Crippen molar-refractivity contribution in [1.29, 1.82) is 0 Å². The number of hydrogen-bond donors (Lipinski definition) is 3. The first-order valence-corrected chi connectivity index (χ1v) is 16.8. The highest BCUT2D eigenvalue weighted by atomic mass is 35.5. The molecule has 2 aliphatic rings. The number of hydrogen-bond acceptors (Lipinski definition) is 5. The Bertz CT molecular complexity index is 1280. The second-order valence-electron chi connectivity index (χ2n) is 12.4. The molecule has 0 aliphatic carbocycles. The molecule has 2 aromatic rings. The first kappa shape index (κ1) is 31.4. The Morgan fingerprint density at radius 2 is 1.50 bits per heavy atom. The van der Waals surface area contributed by atoms with Gasteiger partial charge in [-0.3, -0.25) is 0 Å². The van der Waals surface area contributed by atoms with E-state index in [1.54, 1.807) is 0 Å². The summed E-state index contributed by atoms with van der Waals surface area (Å²) in [6.07, 6.45) is -1.57. The van der Waals surface area contributed by atoms with E-state index in [9.17, 15) is 10.2 Å². The average molecular weight is 624 g/mol. The highest BCUT2D eigenvalue weighted by Gasteiger charge is 2.60. The Kier molecular flexibility index (Phi) is 8.09. The largest absolute Gasteiger partial charge is 0.413 e. The van der Waals surface area contributed by atoms with E-state index in [0.29, 0.717) is 0 Å². The zero-order chi connectivity index (χ0) is 29.9. The lowest BCUT2D eigenvalue weighted by Crippen LogP contribution is -2.53. The summed E-state index contributed by atoms with van der Waals surface area (Å²) in [6.45, 7) is 7.64. The molecule has 0 spiro atoms. The van der Waals surface area contributed by atoms with E-state index in [2.05, 4.69) is 5.32 Å². The second kappa shape index (κ2) is 10.3. The first-order valence-electron chi connectivity index (χ1n) is 13.2. The summed E-state index contributed by atoms with van der Waals surface area (Å²) >= 11 is 12.4. The zero-order valence-electron chi connectivity index (χ0n) is 23.2. The molecular formula is C28H36Cl2F4N2O3Si. The van der Waals surface area contributed by atoms with Gasteiger partial charge in [0.15, 0.2) is 19.5 Å². The molecule has 2 aromatic carbocycles. The molecule has 0 radical (unpaired) electrons. The summed E-state index contributed by atoms with van der Waals surface area (Å²) in [6, 6.07) is 8.36. The van der Waals surface area contributed by atoms with Crippen LogP contribution in [0, 0.1) is 0 Å². The Balaban J connectivity index is 1.83. The van der Waals surface area contributed by atoms with E-state index in [0.717, 1.165) is 0 Å². The highest BCUT2D eigenvalue weighted by Crippen LogP contribution is 2.51. The lowest BCUT2D eigenvalue weighted by Gasteiger charge is -2.42. The van der Waals surface area contributed by atoms with Crippen LogP contribution in [0.2, 0.25) is 28.2 Å². The van der Waals surface area contributed by atoms with Crippen molar-refractivity contribution >= 4 is 42.9 Å². The number of benzene rings is 2. The minimum atomic E-state index is -3.71. The van der Waals surface area contributed by atoms with Crippen LogP contribution in [0.1, 0.15) is 44.7 Å². The summed E-state index contributed by atoms with van der Waals surface area (Å²) in [4.78, 5) is 1.27. The molecule has 2 aliphatic heterocycles. The number of nitrogens with zero attached hydrogens (tertiary/aromatic N) is 1. The van der Waals surface area contributed by atoms with Crippen LogP contribution in [0.5, 0.6) is 0 Å². The number of β-amino-alcohol motifs (C(OH)–C–C–N with tert-alkyl or cyclic N) is 1. The van der Waals surface area contributed by atoms with Crippen LogP contribution in [-0.2, 0) is 15.6 Å². The number of nitrogens with one attached hydrogen (secondary N) is 1. The standard InChI is InChI=1S/C28H36Cl2F4N2O3Si/c1-24(2,3)40(4,5)39-17-26(38)21-15-19(30)7-9-23(21)36(13-11-28(26,33)34)16-25(37)20-14-18(29)6-8-22(20)35-12-10-27(25,31)32/h6-9,14-15,35,37-38H,10-13,16-17H2,1-5H3. The predicted octanol–water partition coefficient (Wildman–Crippen LogP) is 7.39.